The molecule has 2 aliphatic heterocycles. The maximum Gasteiger partial charge on any atom is 0.260 e. The average Bonchev–Trinajstić information content (AvgIpc) is 3.03. The second-order valence-corrected chi connectivity index (χ2v) is 7.05. The minimum atomic E-state index is -0.607. The van der Waals surface area contributed by atoms with Gasteiger partial charge in [0.1, 0.15) is 17.1 Å². The molecule has 0 radical (unpaired) electrons. The standard InChI is InChI=1S/C21H21NO4/c1-15-5-4-6-16(11-15)25-13-20(24)22-10-9-21(14-22)12-18(23)17-7-2-3-8-19(17)26-21/h2-8,11H,9-10,12-14H2,1H3. The van der Waals surface area contributed by atoms with Crippen molar-refractivity contribution in [1.82, 2.24) is 4.90 Å². The summed E-state index contributed by atoms with van der Waals surface area (Å²) in [6, 6.07) is 14.9. The Bertz CT molecular complexity index is 863. The lowest BCUT2D eigenvalue weighted by molar-refractivity contribution is -0.133. The lowest BCUT2D eigenvalue weighted by atomic mass is 9.89. The largest absolute Gasteiger partial charge is 0.484 e. The van der Waals surface area contributed by atoms with Gasteiger partial charge in [-0.3, -0.25) is 9.59 Å². The van der Waals surface area contributed by atoms with Crippen LogP contribution in [0.4, 0.5) is 0 Å². The molecule has 1 fully saturated rings. The molecule has 4 rings (SSSR count). The van der Waals surface area contributed by atoms with Gasteiger partial charge in [-0.1, -0.05) is 24.3 Å². The van der Waals surface area contributed by atoms with Gasteiger partial charge in [0.2, 0.25) is 0 Å². The molecule has 2 aromatic rings. The predicted molar refractivity (Wildman–Crippen MR) is 96.6 cm³/mol. The number of ether oxygens (including phenoxy) is 2. The highest BCUT2D eigenvalue weighted by Gasteiger charge is 2.46. The van der Waals surface area contributed by atoms with Crippen molar-refractivity contribution in [3.05, 3.63) is 59.7 Å². The minimum Gasteiger partial charge on any atom is -0.484 e. The molecule has 1 atom stereocenters. The smallest absolute Gasteiger partial charge is 0.260 e. The summed E-state index contributed by atoms with van der Waals surface area (Å²) in [5, 5.41) is 0. The van der Waals surface area contributed by atoms with Crippen molar-refractivity contribution in [2.75, 3.05) is 19.7 Å². The maximum absolute atomic E-state index is 12.5. The Kier molecular flexibility index (Phi) is 4.15. The van der Waals surface area contributed by atoms with Gasteiger partial charge in [0.05, 0.1) is 18.5 Å². The Morgan fingerprint density at radius 1 is 1.23 bits per heavy atom. The number of amides is 1. The Labute approximate surface area is 152 Å². The van der Waals surface area contributed by atoms with Crippen LogP contribution in [0.25, 0.3) is 0 Å². The van der Waals surface area contributed by atoms with E-state index in [1.807, 2.05) is 49.4 Å². The number of carbonyl (C=O) groups excluding carboxylic acids is 2. The summed E-state index contributed by atoms with van der Waals surface area (Å²) in [5.74, 6) is 1.30. The molecule has 1 saturated heterocycles. The normalized spacial score (nSPS) is 21.4. The highest BCUT2D eigenvalue weighted by Crippen LogP contribution is 2.38. The van der Waals surface area contributed by atoms with E-state index >= 15 is 0 Å². The van der Waals surface area contributed by atoms with Gasteiger partial charge in [0.15, 0.2) is 12.4 Å². The number of benzene rings is 2. The monoisotopic (exact) mass is 351 g/mol. The number of para-hydroxylation sites is 1. The second-order valence-electron chi connectivity index (χ2n) is 7.05. The number of likely N-dealkylation sites (tertiary alicyclic amines) is 1. The third-order valence-corrected chi connectivity index (χ3v) is 5.02. The first-order valence-corrected chi connectivity index (χ1v) is 8.83. The summed E-state index contributed by atoms with van der Waals surface area (Å²) in [6.45, 7) is 2.97. The van der Waals surface area contributed by atoms with Crippen LogP contribution >= 0.6 is 0 Å². The third-order valence-electron chi connectivity index (χ3n) is 5.02. The molecule has 0 aromatic heterocycles. The zero-order chi connectivity index (χ0) is 18.1. The summed E-state index contributed by atoms with van der Waals surface area (Å²) >= 11 is 0. The third kappa shape index (κ3) is 3.17. The van der Waals surface area contributed by atoms with E-state index in [-0.39, 0.29) is 18.3 Å². The molecule has 0 N–H and O–H groups in total. The fourth-order valence-corrected chi connectivity index (χ4v) is 3.67. The summed E-state index contributed by atoms with van der Waals surface area (Å²) < 4.78 is 11.8. The van der Waals surface area contributed by atoms with Crippen molar-refractivity contribution < 1.29 is 19.1 Å². The fourth-order valence-electron chi connectivity index (χ4n) is 3.67. The summed E-state index contributed by atoms with van der Waals surface area (Å²) in [6.07, 6.45) is 0.968. The number of carbonyl (C=O) groups is 2. The summed E-state index contributed by atoms with van der Waals surface area (Å²) in [5.41, 5.74) is 1.11. The summed E-state index contributed by atoms with van der Waals surface area (Å²) in [4.78, 5) is 26.7. The molecule has 26 heavy (non-hydrogen) atoms. The van der Waals surface area contributed by atoms with E-state index in [9.17, 15) is 9.59 Å². The van der Waals surface area contributed by atoms with E-state index in [1.165, 1.54) is 0 Å². The molecule has 5 nitrogen and oxygen atoms in total. The first kappa shape index (κ1) is 16.6. The van der Waals surface area contributed by atoms with Gasteiger partial charge in [-0.2, -0.15) is 0 Å². The molecule has 2 aliphatic rings. The second kappa shape index (κ2) is 6.48. The average molecular weight is 351 g/mol. The van der Waals surface area contributed by atoms with Crippen molar-refractivity contribution in [2.24, 2.45) is 0 Å². The van der Waals surface area contributed by atoms with E-state index in [0.29, 0.717) is 43.0 Å². The van der Waals surface area contributed by atoms with Crippen LogP contribution in [0.15, 0.2) is 48.5 Å². The highest BCUT2D eigenvalue weighted by atomic mass is 16.5. The van der Waals surface area contributed by atoms with Gasteiger partial charge >= 0.3 is 0 Å². The molecule has 1 unspecified atom stereocenters. The van der Waals surface area contributed by atoms with E-state index in [0.717, 1.165) is 5.56 Å². The van der Waals surface area contributed by atoms with E-state index in [1.54, 1.807) is 11.0 Å². The minimum absolute atomic E-state index is 0.00985. The number of Topliss-reactive ketones (excluding diaryl/α,β-unsaturated/α-hetero) is 1. The van der Waals surface area contributed by atoms with Crippen LogP contribution < -0.4 is 9.47 Å². The molecule has 2 heterocycles. The molecular formula is C21H21NO4. The van der Waals surface area contributed by atoms with Gasteiger partial charge < -0.3 is 14.4 Å². The van der Waals surface area contributed by atoms with E-state index < -0.39 is 5.60 Å². The van der Waals surface area contributed by atoms with Crippen LogP contribution in [0, 0.1) is 6.92 Å². The Balaban J connectivity index is 1.40. The molecule has 2 aromatic carbocycles. The van der Waals surface area contributed by atoms with Crippen LogP contribution in [0.3, 0.4) is 0 Å². The van der Waals surface area contributed by atoms with Crippen LogP contribution in [0.1, 0.15) is 28.8 Å². The zero-order valence-corrected chi connectivity index (χ0v) is 14.7. The van der Waals surface area contributed by atoms with Crippen molar-refractivity contribution >= 4 is 11.7 Å². The highest BCUT2D eigenvalue weighted by molar-refractivity contribution is 6.00. The SMILES string of the molecule is Cc1cccc(OCC(=O)N2CCC3(CC(=O)c4ccccc4O3)C2)c1. The molecule has 1 amide bonds. The van der Waals surface area contributed by atoms with E-state index in [2.05, 4.69) is 0 Å². The first-order valence-electron chi connectivity index (χ1n) is 8.83. The first-order chi connectivity index (χ1) is 12.5. The number of aryl methyl sites for hydroxylation is 1. The summed E-state index contributed by atoms with van der Waals surface area (Å²) in [7, 11) is 0. The molecule has 0 bridgehead atoms. The van der Waals surface area contributed by atoms with Gasteiger partial charge in [-0.05, 0) is 36.8 Å². The zero-order valence-electron chi connectivity index (χ0n) is 14.7. The van der Waals surface area contributed by atoms with Gasteiger partial charge in [0, 0.05) is 13.0 Å². The van der Waals surface area contributed by atoms with Crippen LogP contribution in [0.5, 0.6) is 11.5 Å². The van der Waals surface area contributed by atoms with Crippen LogP contribution in [0.2, 0.25) is 0 Å². The molecule has 0 saturated carbocycles. The molecule has 5 heteroatoms. The topological polar surface area (TPSA) is 55.8 Å². The Morgan fingerprint density at radius 2 is 2.08 bits per heavy atom. The quantitative estimate of drug-likeness (QED) is 0.853. The van der Waals surface area contributed by atoms with E-state index in [4.69, 9.17) is 9.47 Å². The Hall–Kier alpha value is -2.82. The maximum atomic E-state index is 12.5. The predicted octanol–water partition coefficient (Wildman–Crippen LogP) is 3.01. The number of nitrogens with zero attached hydrogens (tertiary/aromatic N) is 1. The van der Waals surface area contributed by atoms with Gasteiger partial charge in [-0.25, -0.2) is 0 Å². The molecule has 134 valence electrons. The number of ketones is 1. The molecule has 0 aliphatic carbocycles. The van der Waals surface area contributed by atoms with Crippen molar-refractivity contribution in [3.63, 3.8) is 0 Å². The lowest BCUT2D eigenvalue weighted by Crippen LogP contribution is -2.45. The number of hydrogen-bond acceptors (Lipinski definition) is 4. The van der Waals surface area contributed by atoms with Crippen molar-refractivity contribution in [3.8, 4) is 11.5 Å². The van der Waals surface area contributed by atoms with Gasteiger partial charge in [-0.15, -0.1) is 0 Å². The van der Waals surface area contributed by atoms with Crippen molar-refractivity contribution in [1.29, 1.82) is 0 Å². The van der Waals surface area contributed by atoms with Crippen LogP contribution in [-0.4, -0.2) is 41.9 Å². The number of hydrogen-bond donors (Lipinski definition) is 0. The van der Waals surface area contributed by atoms with Gasteiger partial charge in [0.25, 0.3) is 5.91 Å². The fraction of sp³-hybridized carbons (Fsp3) is 0.333. The number of fused-ring (bicyclic) bond motifs is 1. The Morgan fingerprint density at radius 3 is 2.92 bits per heavy atom. The lowest BCUT2D eigenvalue weighted by Gasteiger charge is -2.34. The molecule has 1 spiro atoms. The van der Waals surface area contributed by atoms with Crippen LogP contribution in [-0.2, 0) is 4.79 Å². The molecular weight excluding hydrogens is 330 g/mol. The van der Waals surface area contributed by atoms with Crippen molar-refractivity contribution in [2.45, 2.75) is 25.4 Å². The number of rotatable bonds is 3.